The first-order valence-electron chi connectivity index (χ1n) is 5.05. The van der Waals surface area contributed by atoms with Crippen LogP contribution in [0.5, 0.6) is 0 Å². The van der Waals surface area contributed by atoms with E-state index in [4.69, 9.17) is 0 Å². The normalized spacial score (nSPS) is 10.0. The fourth-order valence-corrected chi connectivity index (χ4v) is 1.53. The number of carbonyl (C=O) groups is 1. The van der Waals surface area contributed by atoms with E-state index in [9.17, 15) is 4.79 Å². The number of rotatable bonds is 5. The van der Waals surface area contributed by atoms with Crippen molar-refractivity contribution in [3.63, 3.8) is 0 Å². The minimum Gasteiger partial charge on any atom is -0.339 e. The van der Waals surface area contributed by atoms with Gasteiger partial charge in [0.25, 0.3) is 0 Å². The van der Waals surface area contributed by atoms with Crippen molar-refractivity contribution in [1.29, 1.82) is 0 Å². The summed E-state index contributed by atoms with van der Waals surface area (Å²) in [5.74, 6) is 0.760. The second kappa shape index (κ2) is 6.45. The minimum absolute atomic E-state index is 0.157. The monoisotopic (exact) mass is 224 g/mol. The predicted molar refractivity (Wildman–Crippen MR) is 63.8 cm³/mol. The lowest BCUT2D eigenvalue weighted by Gasteiger charge is -2.20. The van der Waals surface area contributed by atoms with Gasteiger partial charge >= 0.3 is 0 Å². The summed E-state index contributed by atoms with van der Waals surface area (Å²) in [7, 11) is 0. The van der Waals surface area contributed by atoms with Crippen molar-refractivity contribution in [3.8, 4) is 0 Å². The Bertz CT molecular complexity index is 303. The molecule has 0 aliphatic carbocycles. The van der Waals surface area contributed by atoms with Crippen LogP contribution in [0.3, 0.4) is 0 Å². The highest BCUT2D eigenvalue weighted by atomic mass is 32.1. The number of hydrogen-bond acceptors (Lipinski definition) is 3. The van der Waals surface area contributed by atoms with Gasteiger partial charge in [0.1, 0.15) is 0 Å². The van der Waals surface area contributed by atoms with E-state index in [1.165, 1.54) is 0 Å². The second-order valence-electron chi connectivity index (χ2n) is 3.24. The van der Waals surface area contributed by atoms with Crippen LogP contribution in [0.15, 0.2) is 24.5 Å². The van der Waals surface area contributed by atoms with E-state index in [0.29, 0.717) is 18.7 Å². The zero-order chi connectivity index (χ0) is 11.1. The van der Waals surface area contributed by atoms with E-state index in [-0.39, 0.29) is 5.91 Å². The number of nitrogens with zero attached hydrogens (tertiary/aromatic N) is 2. The number of amides is 1. The topological polar surface area (TPSA) is 33.2 Å². The van der Waals surface area contributed by atoms with Crippen LogP contribution in [0.25, 0.3) is 0 Å². The summed E-state index contributed by atoms with van der Waals surface area (Å²) in [6, 6.07) is 3.85. The third-order valence-electron chi connectivity index (χ3n) is 2.18. The van der Waals surface area contributed by atoms with Crippen molar-refractivity contribution in [2.75, 3.05) is 12.3 Å². The molecule has 3 nitrogen and oxygen atoms in total. The van der Waals surface area contributed by atoms with Gasteiger partial charge in [-0.1, -0.05) is 0 Å². The van der Waals surface area contributed by atoms with Gasteiger partial charge in [-0.25, -0.2) is 0 Å². The number of thiol groups is 1. The van der Waals surface area contributed by atoms with Gasteiger partial charge in [0.2, 0.25) is 5.91 Å². The highest BCUT2D eigenvalue weighted by molar-refractivity contribution is 7.80. The van der Waals surface area contributed by atoms with Crippen molar-refractivity contribution in [2.45, 2.75) is 19.9 Å². The van der Waals surface area contributed by atoms with Crippen LogP contribution in [0, 0.1) is 0 Å². The van der Waals surface area contributed by atoms with E-state index in [2.05, 4.69) is 17.6 Å². The fraction of sp³-hybridized carbons (Fsp3) is 0.455. The zero-order valence-electron chi connectivity index (χ0n) is 8.89. The third kappa shape index (κ3) is 3.91. The molecule has 0 aliphatic rings. The highest BCUT2D eigenvalue weighted by Gasteiger charge is 2.10. The first-order valence-corrected chi connectivity index (χ1v) is 5.68. The summed E-state index contributed by atoms with van der Waals surface area (Å²) in [5, 5.41) is 0. The Morgan fingerprint density at radius 1 is 1.47 bits per heavy atom. The van der Waals surface area contributed by atoms with E-state index >= 15 is 0 Å². The molecular formula is C11H16N2OS. The van der Waals surface area contributed by atoms with Crippen molar-refractivity contribution < 1.29 is 4.79 Å². The molecule has 1 aromatic rings. The van der Waals surface area contributed by atoms with Crippen LogP contribution in [-0.4, -0.2) is 28.1 Å². The number of aromatic nitrogens is 1. The van der Waals surface area contributed by atoms with Gasteiger partial charge in [0.05, 0.1) is 0 Å². The average Bonchev–Trinajstić information content (AvgIpc) is 2.27. The standard InChI is InChI=1S/C11H16N2OS/c1-2-13(11(14)5-8-15)9-10-3-6-12-7-4-10/h3-4,6-7,15H,2,5,8-9H2,1H3. The first-order chi connectivity index (χ1) is 7.27. The van der Waals surface area contributed by atoms with Gasteiger partial charge in [-0.3, -0.25) is 9.78 Å². The molecule has 0 bridgehead atoms. The molecule has 0 unspecified atom stereocenters. The summed E-state index contributed by atoms with van der Waals surface area (Å²) < 4.78 is 0. The van der Waals surface area contributed by atoms with Crippen molar-refractivity contribution in [1.82, 2.24) is 9.88 Å². The molecular weight excluding hydrogens is 208 g/mol. The third-order valence-corrected chi connectivity index (χ3v) is 2.41. The summed E-state index contributed by atoms with van der Waals surface area (Å²) in [6.45, 7) is 3.37. The van der Waals surface area contributed by atoms with Crippen LogP contribution < -0.4 is 0 Å². The maximum Gasteiger partial charge on any atom is 0.223 e. The molecule has 1 heterocycles. The largest absolute Gasteiger partial charge is 0.339 e. The van der Waals surface area contributed by atoms with Crippen molar-refractivity contribution in [3.05, 3.63) is 30.1 Å². The molecule has 0 atom stereocenters. The molecule has 1 amide bonds. The van der Waals surface area contributed by atoms with Crippen molar-refractivity contribution in [2.24, 2.45) is 0 Å². The molecule has 0 saturated carbocycles. The molecule has 4 heteroatoms. The average molecular weight is 224 g/mol. The summed E-state index contributed by atoms with van der Waals surface area (Å²) in [5.41, 5.74) is 1.11. The van der Waals surface area contributed by atoms with E-state index in [0.717, 1.165) is 12.1 Å². The molecule has 0 spiro atoms. The Labute approximate surface area is 95.9 Å². The molecule has 0 radical (unpaired) electrons. The Morgan fingerprint density at radius 3 is 2.67 bits per heavy atom. The molecule has 0 aromatic carbocycles. The van der Waals surface area contributed by atoms with Gasteiger partial charge < -0.3 is 4.90 Å². The van der Waals surface area contributed by atoms with E-state index in [1.54, 1.807) is 12.4 Å². The smallest absolute Gasteiger partial charge is 0.223 e. The Balaban J connectivity index is 2.58. The van der Waals surface area contributed by atoms with Crippen LogP contribution >= 0.6 is 12.6 Å². The Hall–Kier alpha value is -1.03. The molecule has 0 aliphatic heterocycles. The maximum absolute atomic E-state index is 11.6. The molecule has 1 rings (SSSR count). The summed E-state index contributed by atoms with van der Waals surface area (Å²) in [4.78, 5) is 17.4. The SMILES string of the molecule is CCN(Cc1ccncc1)C(=O)CCS. The fourth-order valence-electron chi connectivity index (χ4n) is 1.34. The first kappa shape index (κ1) is 12.0. The highest BCUT2D eigenvalue weighted by Crippen LogP contribution is 2.05. The van der Waals surface area contributed by atoms with E-state index < -0.39 is 0 Å². The molecule has 0 N–H and O–H groups in total. The lowest BCUT2D eigenvalue weighted by Crippen LogP contribution is -2.30. The number of pyridine rings is 1. The Kier molecular flexibility index (Phi) is 5.18. The molecule has 1 aromatic heterocycles. The molecule has 15 heavy (non-hydrogen) atoms. The summed E-state index contributed by atoms with van der Waals surface area (Å²) >= 11 is 4.06. The van der Waals surface area contributed by atoms with Crippen LogP contribution in [0.1, 0.15) is 18.9 Å². The lowest BCUT2D eigenvalue weighted by molar-refractivity contribution is -0.131. The number of hydrogen-bond donors (Lipinski definition) is 1. The quantitative estimate of drug-likeness (QED) is 0.773. The van der Waals surface area contributed by atoms with Gasteiger partial charge in [-0.05, 0) is 30.4 Å². The molecule has 0 fully saturated rings. The Morgan fingerprint density at radius 2 is 2.13 bits per heavy atom. The second-order valence-corrected chi connectivity index (χ2v) is 3.68. The maximum atomic E-state index is 11.6. The van der Waals surface area contributed by atoms with Gasteiger partial charge in [-0.15, -0.1) is 0 Å². The summed E-state index contributed by atoms with van der Waals surface area (Å²) in [6.07, 6.45) is 3.99. The minimum atomic E-state index is 0.157. The van der Waals surface area contributed by atoms with Gasteiger partial charge in [0, 0.05) is 31.9 Å². The van der Waals surface area contributed by atoms with Crippen molar-refractivity contribution >= 4 is 18.5 Å². The van der Waals surface area contributed by atoms with Gasteiger partial charge in [-0.2, -0.15) is 12.6 Å². The van der Waals surface area contributed by atoms with Gasteiger partial charge in [0.15, 0.2) is 0 Å². The number of carbonyl (C=O) groups excluding carboxylic acids is 1. The lowest BCUT2D eigenvalue weighted by atomic mass is 10.2. The molecule has 0 saturated heterocycles. The van der Waals surface area contributed by atoms with Crippen LogP contribution in [0.2, 0.25) is 0 Å². The van der Waals surface area contributed by atoms with Crippen LogP contribution in [-0.2, 0) is 11.3 Å². The molecule has 82 valence electrons. The van der Waals surface area contributed by atoms with E-state index in [1.807, 2.05) is 24.0 Å². The predicted octanol–water partition coefficient (Wildman–Crippen LogP) is 1.75. The zero-order valence-corrected chi connectivity index (χ0v) is 9.78. The van der Waals surface area contributed by atoms with Crippen LogP contribution in [0.4, 0.5) is 0 Å².